The van der Waals surface area contributed by atoms with Crippen molar-refractivity contribution < 1.29 is 33.7 Å². The highest BCUT2D eigenvalue weighted by Crippen LogP contribution is 2.50. The summed E-state index contributed by atoms with van der Waals surface area (Å²) in [7, 11) is 0. The number of piperidine rings is 3. The Kier molecular flexibility index (Phi) is 9.39. The van der Waals surface area contributed by atoms with Gasteiger partial charge in [0, 0.05) is 72.6 Å². The Morgan fingerprint density at radius 3 is 2.28 bits per heavy atom. The van der Waals surface area contributed by atoms with Gasteiger partial charge in [-0.1, -0.05) is 66.7 Å². The van der Waals surface area contributed by atoms with Crippen molar-refractivity contribution in [2.45, 2.75) is 62.3 Å². The Bertz CT molecular complexity index is 2530. The van der Waals surface area contributed by atoms with E-state index in [-0.39, 0.29) is 29.4 Å². The van der Waals surface area contributed by atoms with E-state index >= 15 is 0 Å². The number of hydrogen-bond donors (Lipinski definition) is 2. The molecule has 5 aromatic carbocycles. The van der Waals surface area contributed by atoms with Gasteiger partial charge < -0.3 is 34.0 Å². The van der Waals surface area contributed by atoms with Crippen molar-refractivity contribution in [2.75, 3.05) is 57.4 Å². The number of phenolic OH excluding ortho intramolecular Hbond substituents is 1. The standard InChI is InChI=1S/C50H50N4O7/c55-37-11-13-39-35(26-37)8-12-38(33-4-2-1-3-5-33)45(39)34-6-9-36(10-7-34)53-24-20-50(21-25-53)60-29-32(30-61-50)27-52-22-18-49(19-23-52)31-59-46-41-28-54(43-16-17-44(56)51-47(43)57)48(58)40(41)14-15-42(46)49/h1-15,26,32,43,55H,16-25,27-31H2,(H,51,56,57)/t43-/m0/s1. The second-order valence-electron chi connectivity index (χ2n) is 17.9. The molecular formula is C50H50N4O7. The lowest BCUT2D eigenvalue weighted by atomic mass is 9.73. The van der Waals surface area contributed by atoms with Crippen LogP contribution in [-0.4, -0.2) is 97.0 Å². The minimum atomic E-state index is -0.637. The number of carbonyl (C=O) groups excluding carboxylic acids is 3. The molecule has 0 aromatic heterocycles. The zero-order valence-corrected chi connectivity index (χ0v) is 34.2. The van der Waals surface area contributed by atoms with Gasteiger partial charge in [0.25, 0.3) is 5.91 Å². The number of imide groups is 1. The third kappa shape index (κ3) is 6.74. The van der Waals surface area contributed by atoms with Crippen LogP contribution in [0.15, 0.2) is 97.1 Å². The van der Waals surface area contributed by atoms with Crippen molar-refractivity contribution >= 4 is 34.2 Å². The smallest absolute Gasteiger partial charge is 0.255 e. The second-order valence-corrected chi connectivity index (χ2v) is 17.9. The van der Waals surface area contributed by atoms with E-state index in [4.69, 9.17) is 14.2 Å². The molecule has 3 amide bonds. The normalized spacial score (nSPS) is 22.4. The van der Waals surface area contributed by atoms with Crippen LogP contribution in [0.4, 0.5) is 5.69 Å². The highest BCUT2D eigenvalue weighted by Gasteiger charge is 2.48. The van der Waals surface area contributed by atoms with Gasteiger partial charge in [0.1, 0.15) is 17.5 Å². The molecule has 61 heavy (non-hydrogen) atoms. The SMILES string of the molecule is O=C1CC[C@H](N2Cc3c(ccc4c3OCC43CCN(CC4COC5(CCN(c6ccc(-c7c(-c8ccccc8)ccc8cc(O)ccc78)cc6)CC5)OC4)CC3)C2=O)C(=O)N1. The van der Waals surface area contributed by atoms with Crippen molar-refractivity contribution in [1.82, 2.24) is 15.1 Å². The van der Waals surface area contributed by atoms with Gasteiger partial charge in [-0.15, -0.1) is 0 Å². The molecule has 2 spiro atoms. The molecule has 2 N–H and O–H groups in total. The fraction of sp³-hybridized carbons (Fsp3) is 0.380. The maximum atomic E-state index is 13.4. The largest absolute Gasteiger partial charge is 0.508 e. The van der Waals surface area contributed by atoms with Gasteiger partial charge in [0.2, 0.25) is 11.8 Å². The molecule has 1 atom stereocenters. The van der Waals surface area contributed by atoms with Crippen LogP contribution in [-0.2, 0) is 31.0 Å². The van der Waals surface area contributed by atoms with Crippen molar-refractivity contribution in [3.63, 3.8) is 0 Å². The Balaban J connectivity index is 0.688. The number of anilines is 1. The third-order valence-corrected chi connectivity index (χ3v) is 14.4. The number of nitrogens with zero attached hydrogens (tertiary/aromatic N) is 3. The van der Waals surface area contributed by atoms with Crippen LogP contribution in [0.5, 0.6) is 11.5 Å². The summed E-state index contributed by atoms with van der Waals surface area (Å²) in [5, 5.41) is 14.7. The van der Waals surface area contributed by atoms with Crippen LogP contribution >= 0.6 is 0 Å². The Morgan fingerprint density at radius 1 is 0.770 bits per heavy atom. The van der Waals surface area contributed by atoms with Crippen molar-refractivity contribution in [3.05, 3.63) is 114 Å². The summed E-state index contributed by atoms with van der Waals surface area (Å²) in [4.78, 5) is 44.3. The summed E-state index contributed by atoms with van der Waals surface area (Å²) in [5.41, 5.74) is 8.40. The summed E-state index contributed by atoms with van der Waals surface area (Å²) >= 11 is 0. The van der Waals surface area contributed by atoms with E-state index in [1.54, 1.807) is 11.0 Å². The molecule has 4 fully saturated rings. The topological polar surface area (TPSA) is 121 Å². The maximum Gasteiger partial charge on any atom is 0.255 e. The average Bonchev–Trinajstić information content (AvgIpc) is 3.82. The van der Waals surface area contributed by atoms with E-state index in [0.717, 1.165) is 97.2 Å². The average molecular weight is 819 g/mol. The molecule has 0 unspecified atom stereocenters. The zero-order chi connectivity index (χ0) is 41.3. The zero-order valence-electron chi connectivity index (χ0n) is 34.2. The van der Waals surface area contributed by atoms with Crippen LogP contribution in [0.25, 0.3) is 33.0 Å². The van der Waals surface area contributed by atoms with Crippen molar-refractivity contribution in [2.24, 2.45) is 5.92 Å². The van der Waals surface area contributed by atoms with E-state index < -0.39 is 17.7 Å². The van der Waals surface area contributed by atoms with Gasteiger partial charge >= 0.3 is 0 Å². The lowest BCUT2D eigenvalue weighted by Crippen LogP contribution is -2.54. The third-order valence-electron chi connectivity index (χ3n) is 14.4. The summed E-state index contributed by atoms with van der Waals surface area (Å²) in [5.74, 6) is 0.0145. The molecule has 6 heterocycles. The number of amides is 3. The van der Waals surface area contributed by atoms with Crippen LogP contribution in [0.3, 0.4) is 0 Å². The number of phenols is 1. The number of ether oxygens (including phenoxy) is 3. The predicted octanol–water partition coefficient (Wildman–Crippen LogP) is 7.03. The first-order chi connectivity index (χ1) is 29.7. The minimum Gasteiger partial charge on any atom is -0.508 e. The quantitative estimate of drug-likeness (QED) is 0.174. The Hall–Kier alpha value is -5.75. The number of benzene rings is 5. The monoisotopic (exact) mass is 818 g/mol. The van der Waals surface area contributed by atoms with E-state index in [1.165, 1.54) is 16.8 Å². The van der Waals surface area contributed by atoms with Gasteiger partial charge in [-0.2, -0.15) is 0 Å². The molecular weight excluding hydrogens is 769 g/mol. The van der Waals surface area contributed by atoms with Gasteiger partial charge in [-0.25, -0.2) is 0 Å². The van der Waals surface area contributed by atoms with Crippen molar-refractivity contribution in [3.8, 4) is 33.8 Å². The van der Waals surface area contributed by atoms with Crippen LogP contribution in [0.2, 0.25) is 0 Å². The summed E-state index contributed by atoms with van der Waals surface area (Å²) in [6, 6.07) is 32.6. The second kappa shape index (κ2) is 15.0. The molecule has 11 heteroatoms. The first-order valence-corrected chi connectivity index (χ1v) is 21.9. The van der Waals surface area contributed by atoms with E-state index in [1.807, 2.05) is 24.3 Å². The number of hydrogen-bond acceptors (Lipinski definition) is 9. The lowest BCUT2D eigenvalue weighted by molar-refractivity contribution is -0.291. The first-order valence-electron chi connectivity index (χ1n) is 21.9. The van der Waals surface area contributed by atoms with Crippen LogP contribution in [0.1, 0.15) is 60.0 Å². The molecule has 5 aromatic rings. The molecule has 11 rings (SSSR count). The summed E-state index contributed by atoms with van der Waals surface area (Å²) < 4.78 is 19.6. The Labute approximate surface area is 355 Å². The minimum absolute atomic E-state index is 0.0875. The molecule has 11 nitrogen and oxygen atoms in total. The highest BCUT2D eigenvalue weighted by molar-refractivity contribution is 6.06. The van der Waals surface area contributed by atoms with Gasteiger partial charge in [-0.3, -0.25) is 19.7 Å². The fourth-order valence-electron chi connectivity index (χ4n) is 10.9. The van der Waals surface area contributed by atoms with E-state index in [2.05, 4.69) is 81.8 Å². The molecule has 0 radical (unpaired) electrons. The summed E-state index contributed by atoms with van der Waals surface area (Å²) in [6.45, 7) is 6.87. The molecule has 0 saturated carbocycles. The molecule has 4 saturated heterocycles. The first kappa shape index (κ1) is 38.2. The van der Waals surface area contributed by atoms with Gasteiger partial charge in [-0.05, 0) is 95.7 Å². The number of aromatic hydroxyl groups is 1. The van der Waals surface area contributed by atoms with Gasteiger partial charge in [0.15, 0.2) is 5.79 Å². The molecule has 6 aliphatic rings. The predicted molar refractivity (Wildman–Crippen MR) is 231 cm³/mol. The molecule has 0 bridgehead atoms. The van der Waals surface area contributed by atoms with Crippen LogP contribution < -0.4 is 15.0 Å². The molecule has 0 aliphatic carbocycles. The number of nitrogens with one attached hydrogen (secondary N) is 1. The number of rotatable bonds is 6. The van der Waals surface area contributed by atoms with Crippen LogP contribution in [0, 0.1) is 5.92 Å². The van der Waals surface area contributed by atoms with Crippen molar-refractivity contribution in [1.29, 1.82) is 0 Å². The number of fused-ring (bicyclic) bond motifs is 5. The fourth-order valence-corrected chi connectivity index (χ4v) is 10.9. The number of likely N-dealkylation sites (tertiary alicyclic amines) is 1. The Morgan fingerprint density at radius 2 is 1.52 bits per heavy atom. The molecule has 312 valence electrons. The molecule has 6 aliphatic heterocycles. The number of carbonyl (C=O) groups is 3. The van der Waals surface area contributed by atoms with Gasteiger partial charge in [0.05, 0.1) is 26.4 Å². The van der Waals surface area contributed by atoms with E-state index in [9.17, 15) is 19.5 Å². The lowest BCUT2D eigenvalue weighted by Gasteiger charge is -2.47. The highest BCUT2D eigenvalue weighted by atomic mass is 16.7. The van der Waals surface area contributed by atoms with E-state index in [0.29, 0.717) is 44.3 Å². The summed E-state index contributed by atoms with van der Waals surface area (Å²) in [6.07, 6.45) is 4.16. The maximum absolute atomic E-state index is 13.4.